The van der Waals surface area contributed by atoms with E-state index in [4.69, 9.17) is 0 Å². The first-order valence-corrected chi connectivity index (χ1v) is 7.93. The lowest BCUT2D eigenvalue weighted by Crippen LogP contribution is -2.24. The number of rotatable bonds is 6. The van der Waals surface area contributed by atoms with Crippen LogP contribution < -0.4 is 5.43 Å². The van der Waals surface area contributed by atoms with Crippen molar-refractivity contribution < 1.29 is 9.72 Å². The third-order valence-electron chi connectivity index (χ3n) is 3.63. The van der Waals surface area contributed by atoms with Crippen molar-refractivity contribution in [3.05, 3.63) is 69.8 Å². The molecule has 0 aliphatic rings. The number of nitro benzene ring substituents is 1. The van der Waals surface area contributed by atoms with Crippen LogP contribution in [0.25, 0.3) is 11.4 Å². The predicted octanol–water partition coefficient (Wildman–Crippen LogP) is 1.71. The van der Waals surface area contributed by atoms with Crippen LogP contribution in [0.1, 0.15) is 11.1 Å². The number of hydrazone groups is 1. The highest BCUT2D eigenvalue weighted by Gasteiger charge is 2.10. The molecule has 1 heterocycles. The lowest BCUT2D eigenvalue weighted by molar-refractivity contribution is -0.384. The SMILES string of the molecule is Cc1ccccc1-c1nnn(CC(=O)N/N=C/c2ccc([N+](=O)[O-])cc2)n1. The summed E-state index contributed by atoms with van der Waals surface area (Å²) in [5, 5.41) is 26.4. The molecule has 0 fully saturated rings. The average molecular weight is 365 g/mol. The lowest BCUT2D eigenvalue weighted by Gasteiger charge is -1.99. The molecule has 10 nitrogen and oxygen atoms in total. The average Bonchev–Trinajstić information content (AvgIpc) is 3.10. The highest BCUT2D eigenvalue weighted by atomic mass is 16.6. The van der Waals surface area contributed by atoms with Crippen LogP contribution in [0.2, 0.25) is 0 Å². The molecule has 0 saturated carbocycles. The van der Waals surface area contributed by atoms with Gasteiger partial charge >= 0.3 is 0 Å². The summed E-state index contributed by atoms with van der Waals surface area (Å²) in [5.41, 5.74) is 4.80. The van der Waals surface area contributed by atoms with E-state index in [0.29, 0.717) is 11.4 Å². The molecule has 136 valence electrons. The molecule has 2 aromatic carbocycles. The van der Waals surface area contributed by atoms with Crippen LogP contribution in [0.15, 0.2) is 53.6 Å². The molecule has 0 bridgehead atoms. The van der Waals surface area contributed by atoms with Crippen molar-refractivity contribution in [2.75, 3.05) is 0 Å². The van der Waals surface area contributed by atoms with Crippen molar-refractivity contribution in [2.24, 2.45) is 5.10 Å². The predicted molar refractivity (Wildman–Crippen MR) is 96.8 cm³/mol. The summed E-state index contributed by atoms with van der Waals surface area (Å²) in [6, 6.07) is 13.4. The number of benzene rings is 2. The molecule has 0 radical (unpaired) electrons. The number of hydrogen-bond acceptors (Lipinski definition) is 7. The molecular weight excluding hydrogens is 350 g/mol. The zero-order chi connectivity index (χ0) is 19.2. The second kappa shape index (κ2) is 7.95. The molecule has 0 spiro atoms. The fraction of sp³-hybridized carbons (Fsp3) is 0.118. The van der Waals surface area contributed by atoms with Crippen LogP contribution in [0.5, 0.6) is 0 Å². The topological polar surface area (TPSA) is 128 Å². The van der Waals surface area contributed by atoms with E-state index >= 15 is 0 Å². The first-order chi connectivity index (χ1) is 13.0. The molecular formula is C17H15N7O3. The van der Waals surface area contributed by atoms with Gasteiger partial charge in [0.1, 0.15) is 6.54 Å². The second-order valence-corrected chi connectivity index (χ2v) is 5.60. The van der Waals surface area contributed by atoms with E-state index < -0.39 is 10.8 Å². The Kier molecular flexibility index (Phi) is 5.26. The van der Waals surface area contributed by atoms with Gasteiger partial charge in [0.15, 0.2) is 0 Å². The van der Waals surface area contributed by atoms with Crippen LogP contribution in [0.4, 0.5) is 5.69 Å². The molecule has 0 aliphatic heterocycles. The molecule has 0 saturated heterocycles. The van der Waals surface area contributed by atoms with Gasteiger partial charge in [-0.1, -0.05) is 24.3 Å². The summed E-state index contributed by atoms with van der Waals surface area (Å²) in [6.45, 7) is 1.80. The van der Waals surface area contributed by atoms with Crippen LogP contribution in [0.3, 0.4) is 0 Å². The number of nitro groups is 1. The second-order valence-electron chi connectivity index (χ2n) is 5.60. The molecule has 1 amide bonds. The number of carbonyl (C=O) groups is 1. The van der Waals surface area contributed by atoms with E-state index in [1.54, 1.807) is 0 Å². The Labute approximate surface area is 153 Å². The van der Waals surface area contributed by atoms with E-state index in [9.17, 15) is 14.9 Å². The lowest BCUT2D eigenvalue weighted by atomic mass is 10.1. The Morgan fingerprint density at radius 1 is 1.26 bits per heavy atom. The van der Waals surface area contributed by atoms with Gasteiger partial charge in [0, 0.05) is 17.7 Å². The standard InChI is InChI=1S/C17H15N7O3/c1-12-4-2-3-5-15(12)17-20-22-23(21-17)11-16(25)19-18-10-13-6-8-14(9-7-13)24(26)27/h2-10H,11H2,1H3,(H,19,25)/b18-10+. The van der Waals surface area contributed by atoms with Gasteiger partial charge in [-0.15, -0.1) is 10.2 Å². The largest absolute Gasteiger partial charge is 0.271 e. The van der Waals surface area contributed by atoms with Crippen LogP contribution in [0, 0.1) is 17.0 Å². The smallest absolute Gasteiger partial charge is 0.269 e. The molecule has 0 unspecified atom stereocenters. The number of tetrazole rings is 1. The van der Waals surface area contributed by atoms with E-state index in [2.05, 4.69) is 25.9 Å². The van der Waals surface area contributed by atoms with Crippen molar-refractivity contribution in [3.63, 3.8) is 0 Å². The van der Waals surface area contributed by atoms with Crippen molar-refractivity contribution in [3.8, 4) is 11.4 Å². The fourth-order valence-corrected chi connectivity index (χ4v) is 2.27. The van der Waals surface area contributed by atoms with Gasteiger partial charge in [0.05, 0.1) is 11.1 Å². The van der Waals surface area contributed by atoms with Gasteiger partial charge in [0.2, 0.25) is 5.82 Å². The van der Waals surface area contributed by atoms with E-state index in [0.717, 1.165) is 11.1 Å². The van der Waals surface area contributed by atoms with Gasteiger partial charge in [-0.3, -0.25) is 14.9 Å². The summed E-state index contributed by atoms with van der Waals surface area (Å²) in [5.74, 6) is 0.0113. The van der Waals surface area contributed by atoms with Gasteiger partial charge in [-0.25, -0.2) is 5.43 Å². The minimum Gasteiger partial charge on any atom is -0.271 e. The summed E-state index contributed by atoms with van der Waals surface area (Å²) in [7, 11) is 0. The Hall–Kier alpha value is -3.95. The zero-order valence-corrected chi connectivity index (χ0v) is 14.3. The number of non-ortho nitro benzene ring substituents is 1. The minimum atomic E-state index is -0.487. The Bertz CT molecular complexity index is 996. The third kappa shape index (κ3) is 4.57. The molecule has 0 aliphatic carbocycles. The van der Waals surface area contributed by atoms with Gasteiger partial charge in [-0.05, 0) is 35.4 Å². The fourth-order valence-electron chi connectivity index (χ4n) is 2.27. The van der Waals surface area contributed by atoms with Crippen molar-refractivity contribution in [2.45, 2.75) is 13.5 Å². The van der Waals surface area contributed by atoms with E-state index in [-0.39, 0.29) is 12.2 Å². The number of nitrogens with zero attached hydrogens (tertiary/aromatic N) is 6. The monoisotopic (exact) mass is 365 g/mol. The molecule has 10 heteroatoms. The maximum absolute atomic E-state index is 11.9. The van der Waals surface area contributed by atoms with Gasteiger partial charge < -0.3 is 0 Å². The summed E-state index contributed by atoms with van der Waals surface area (Å²) in [6.07, 6.45) is 1.38. The molecule has 27 heavy (non-hydrogen) atoms. The Morgan fingerprint density at radius 2 is 2.00 bits per heavy atom. The van der Waals surface area contributed by atoms with E-state index in [1.807, 2.05) is 31.2 Å². The van der Waals surface area contributed by atoms with Crippen LogP contribution >= 0.6 is 0 Å². The highest BCUT2D eigenvalue weighted by molar-refractivity contribution is 5.82. The first-order valence-electron chi connectivity index (χ1n) is 7.93. The zero-order valence-electron chi connectivity index (χ0n) is 14.3. The van der Waals surface area contributed by atoms with Crippen molar-refractivity contribution >= 4 is 17.8 Å². The highest BCUT2D eigenvalue weighted by Crippen LogP contribution is 2.17. The molecule has 3 aromatic rings. The third-order valence-corrected chi connectivity index (χ3v) is 3.63. The van der Waals surface area contributed by atoms with Crippen molar-refractivity contribution in [1.29, 1.82) is 0 Å². The normalized spacial score (nSPS) is 10.9. The molecule has 3 rings (SSSR count). The summed E-state index contributed by atoms with van der Waals surface area (Å²) >= 11 is 0. The van der Waals surface area contributed by atoms with E-state index in [1.165, 1.54) is 35.3 Å². The number of aromatic nitrogens is 4. The number of aryl methyl sites for hydroxylation is 1. The van der Waals surface area contributed by atoms with Gasteiger partial charge in [0.25, 0.3) is 11.6 Å². The number of carbonyl (C=O) groups excluding carboxylic acids is 1. The first kappa shape index (κ1) is 17.9. The molecule has 1 aromatic heterocycles. The minimum absolute atomic E-state index is 0.0158. The van der Waals surface area contributed by atoms with Crippen molar-refractivity contribution in [1.82, 2.24) is 25.6 Å². The Balaban J connectivity index is 1.57. The Morgan fingerprint density at radius 3 is 2.70 bits per heavy atom. The maximum Gasteiger partial charge on any atom is 0.269 e. The van der Waals surface area contributed by atoms with Crippen LogP contribution in [-0.2, 0) is 11.3 Å². The quantitative estimate of drug-likeness (QED) is 0.402. The molecule has 0 atom stereocenters. The van der Waals surface area contributed by atoms with Gasteiger partial charge in [-0.2, -0.15) is 9.90 Å². The number of hydrogen-bond donors (Lipinski definition) is 1. The summed E-state index contributed by atoms with van der Waals surface area (Å²) < 4.78 is 0. The number of amides is 1. The summed E-state index contributed by atoms with van der Waals surface area (Å²) in [4.78, 5) is 23.2. The van der Waals surface area contributed by atoms with Crippen LogP contribution in [-0.4, -0.2) is 37.3 Å². The number of nitrogens with one attached hydrogen (secondary N) is 1. The maximum atomic E-state index is 11.9. The molecule has 1 N–H and O–H groups in total.